The predicted molar refractivity (Wildman–Crippen MR) is 87.9 cm³/mol. The highest BCUT2D eigenvalue weighted by Gasteiger charge is 2.15. The van der Waals surface area contributed by atoms with Crippen molar-refractivity contribution in [1.29, 1.82) is 10.5 Å². The summed E-state index contributed by atoms with van der Waals surface area (Å²) in [6.45, 7) is 9.42. The summed E-state index contributed by atoms with van der Waals surface area (Å²) in [5.41, 5.74) is 4.73. The fourth-order valence-corrected chi connectivity index (χ4v) is 2.77. The molecular weight excluding hydrogens is 272 g/mol. The van der Waals surface area contributed by atoms with E-state index in [1.165, 1.54) is 5.56 Å². The van der Waals surface area contributed by atoms with Crippen molar-refractivity contribution in [2.45, 2.75) is 20.4 Å². The van der Waals surface area contributed by atoms with E-state index in [9.17, 15) is 0 Å². The number of aryl methyl sites for hydroxylation is 1. The largest absolute Gasteiger partial charge is 0.304 e. The minimum Gasteiger partial charge on any atom is -0.304 e. The number of rotatable bonds is 3. The predicted octanol–water partition coefficient (Wildman–Crippen LogP) is 2.48. The Hall–Kier alpha value is -2.14. The third-order valence-corrected chi connectivity index (χ3v) is 4.23. The van der Waals surface area contributed by atoms with Crippen LogP contribution in [0, 0.1) is 36.5 Å². The topological polar surface area (TPSA) is 54.1 Å². The maximum atomic E-state index is 8.95. The molecule has 0 aromatic heterocycles. The first-order valence-corrected chi connectivity index (χ1v) is 7.56. The van der Waals surface area contributed by atoms with Gasteiger partial charge >= 0.3 is 0 Å². The van der Waals surface area contributed by atoms with E-state index in [4.69, 9.17) is 10.5 Å². The van der Waals surface area contributed by atoms with Gasteiger partial charge in [-0.3, -0.25) is 4.90 Å². The highest BCUT2D eigenvalue weighted by atomic mass is 15.2. The Bertz CT molecular complexity index is 637. The van der Waals surface area contributed by atoms with Crippen molar-refractivity contribution in [2.75, 3.05) is 33.2 Å². The summed E-state index contributed by atoms with van der Waals surface area (Å²) < 4.78 is 0. The molecule has 0 atom stereocenters. The Balaban J connectivity index is 2.26. The second-order valence-corrected chi connectivity index (χ2v) is 6.00. The number of piperazine rings is 1. The van der Waals surface area contributed by atoms with E-state index in [1.54, 1.807) is 6.08 Å². The van der Waals surface area contributed by atoms with E-state index in [2.05, 4.69) is 36.8 Å². The van der Waals surface area contributed by atoms with Gasteiger partial charge in [0, 0.05) is 32.7 Å². The Labute approximate surface area is 132 Å². The lowest BCUT2D eigenvalue weighted by atomic mass is 9.97. The van der Waals surface area contributed by atoms with Gasteiger partial charge in [0.25, 0.3) is 0 Å². The van der Waals surface area contributed by atoms with Crippen LogP contribution in [-0.4, -0.2) is 43.0 Å². The summed E-state index contributed by atoms with van der Waals surface area (Å²) >= 11 is 0. The van der Waals surface area contributed by atoms with E-state index in [-0.39, 0.29) is 5.57 Å². The van der Waals surface area contributed by atoms with Gasteiger partial charge in [0.15, 0.2) is 0 Å². The van der Waals surface area contributed by atoms with Crippen molar-refractivity contribution in [3.63, 3.8) is 0 Å². The van der Waals surface area contributed by atoms with Crippen molar-refractivity contribution in [3.8, 4) is 12.1 Å². The SMILES string of the molecule is Cc1cc(C=C(C#N)C#N)c(C)c(CN2CCN(C)CC2)c1. The number of hydrogen-bond acceptors (Lipinski definition) is 4. The molecule has 0 bridgehead atoms. The third kappa shape index (κ3) is 3.95. The molecule has 114 valence electrons. The zero-order chi connectivity index (χ0) is 16.1. The standard InChI is InChI=1S/C18H22N4/c1-14-8-17(10-16(11-19)12-20)15(2)18(9-14)13-22-6-4-21(3)5-7-22/h8-10H,4-7,13H2,1-3H3. The molecule has 1 aliphatic heterocycles. The molecule has 0 N–H and O–H groups in total. The maximum Gasteiger partial charge on any atom is 0.130 e. The molecule has 1 aliphatic rings. The molecule has 4 heteroatoms. The first-order valence-electron chi connectivity index (χ1n) is 7.56. The first kappa shape index (κ1) is 16.2. The van der Waals surface area contributed by atoms with Crippen molar-refractivity contribution in [2.24, 2.45) is 0 Å². The van der Waals surface area contributed by atoms with E-state index >= 15 is 0 Å². The number of nitriles is 2. The van der Waals surface area contributed by atoms with Crippen LogP contribution in [-0.2, 0) is 6.54 Å². The van der Waals surface area contributed by atoms with Gasteiger partial charge in [-0.25, -0.2) is 0 Å². The molecule has 4 nitrogen and oxygen atoms in total. The lowest BCUT2D eigenvalue weighted by molar-refractivity contribution is 0.148. The van der Waals surface area contributed by atoms with Gasteiger partial charge < -0.3 is 4.90 Å². The monoisotopic (exact) mass is 294 g/mol. The molecule has 0 amide bonds. The van der Waals surface area contributed by atoms with Crippen molar-refractivity contribution in [3.05, 3.63) is 40.0 Å². The van der Waals surface area contributed by atoms with Gasteiger partial charge in [0.2, 0.25) is 0 Å². The van der Waals surface area contributed by atoms with Gasteiger partial charge in [0.1, 0.15) is 17.7 Å². The highest BCUT2D eigenvalue weighted by molar-refractivity contribution is 5.65. The molecule has 22 heavy (non-hydrogen) atoms. The van der Waals surface area contributed by atoms with Crippen LogP contribution in [0.4, 0.5) is 0 Å². The smallest absolute Gasteiger partial charge is 0.130 e. The van der Waals surface area contributed by atoms with Crippen LogP contribution in [0.3, 0.4) is 0 Å². The molecule has 0 spiro atoms. The number of likely N-dealkylation sites (N-methyl/N-ethyl adjacent to an activating group) is 1. The quantitative estimate of drug-likeness (QED) is 0.804. The van der Waals surface area contributed by atoms with Gasteiger partial charge in [0.05, 0.1) is 0 Å². The van der Waals surface area contributed by atoms with E-state index < -0.39 is 0 Å². The normalized spacial score (nSPS) is 15.9. The van der Waals surface area contributed by atoms with Gasteiger partial charge in [-0.1, -0.05) is 17.7 Å². The summed E-state index contributed by atoms with van der Waals surface area (Å²) in [7, 11) is 2.16. The number of benzene rings is 1. The Kier molecular flexibility index (Phi) is 5.33. The minimum atomic E-state index is 0.152. The van der Waals surface area contributed by atoms with E-state index in [0.29, 0.717) is 0 Å². The number of allylic oxidation sites excluding steroid dienone is 1. The van der Waals surface area contributed by atoms with Crippen molar-refractivity contribution < 1.29 is 0 Å². The van der Waals surface area contributed by atoms with Crippen LogP contribution in [0.25, 0.3) is 6.08 Å². The number of hydrogen-bond donors (Lipinski definition) is 0. The maximum absolute atomic E-state index is 8.95. The molecule has 0 radical (unpaired) electrons. The summed E-state index contributed by atoms with van der Waals surface area (Å²) in [4.78, 5) is 4.81. The van der Waals surface area contributed by atoms with E-state index in [1.807, 2.05) is 18.2 Å². The fourth-order valence-electron chi connectivity index (χ4n) is 2.77. The van der Waals surface area contributed by atoms with Gasteiger partial charge in [-0.05, 0) is 43.7 Å². The fraction of sp³-hybridized carbons (Fsp3) is 0.444. The molecule has 0 unspecified atom stereocenters. The van der Waals surface area contributed by atoms with Gasteiger partial charge in [-0.2, -0.15) is 10.5 Å². The summed E-state index contributed by atoms with van der Waals surface area (Å²) in [5, 5.41) is 17.9. The van der Waals surface area contributed by atoms with Crippen LogP contribution in [0.5, 0.6) is 0 Å². The molecule has 1 fully saturated rings. The van der Waals surface area contributed by atoms with Crippen LogP contribution >= 0.6 is 0 Å². The lowest BCUT2D eigenvalue weighted by Gasteiger charge is -2.32. The average Bonchev–Trinajstić information content (AvgIpc) is 2.51. The Morgan fingerprint density at radius 2 is 1.77 bits per heavy atom. The molecule has 0 aliphatic carbocycles. The molecule has 1 heterocycles. The molecular formula is C18H22N4. The number of nitrogens with zero attached hydrogens (tertiary/aromatic N) is 4. The molecule has 1 aromatic carbocycles. The molecule has 1 aromatic rings. The summed E-state index contributed by atoms with van der Waals surface area (Å²) in [6.07, 6.45) is 1.69. The summed E-state index contributed by atoms with van der Waals surface area (Å²) in [5.74, 6) is 0. The molecule has 0 saturated carbocycles. The average molecular weight is 294 g/mol. The first-order chi connectivity index (χ1) is 10.5. The molecule has 2 rings (SSSR count). The highest BCUT2D eigenvalue weighted by Crippen LogP contribution is 2.21. The zero-order valence-electron chi connectivity index (χ0n) is 13.6. The third-order valence-electron chi connectivity index (χ3n) is 4.23. The second kappa shape index (κ2) is 7.22. The zero-order valence-corrected chi connectivity index (χ0v) is 13.6. The van der Waals surface area contributed by atoms with Gasteiger partial charge in [-0.15, -0.1) is 0 Å². The molecule has 1 saturated heterocycles. The minimum absolute atomic E-state index is 0.152. The van der Waals surface area contributed by atoms with E-state index in [0.717, 1.165) is 49.4 Å². The van der Waals surface area contributed by atoms with Crippen LogP contribution in [0.1, 0.15) is 22.3 Å². The van der Waals surface area contributed by atoms with Crippen LogP contribution in [0.2, 0.25) is 0 Å². The van der Waals surface area contributed by atoms with Crippen LogP contribution < -0.4 is 0 Å². The Morgan fingerprint density at radius 1 is 1.14 bits per heavy atom. The second-order valence-electron chi connectivity index (χ2n) is 6.00. The summed E-state index contributed by atoms with van der Waals surface area (Å²) in [6, 6.07) is 8.12. The van der Waals surface area contributed by atoms with Crippen molar-refractivity contribution in [1.82, 2.24) is 9.80 Å². The van der Waals surface area contributed by atoms with Crippen LogP contribution in [0.15, 0.2) is 17.7 Å². The Morgan fingerprint density at radius 3 is 2.36 bits per heavy atom. The lowest BCUT2D eigenvalue weighted by Crippen LogP contribution is -2.44. The van der Waals surface area contributed by atoms with Crippen molar-refractivity contribution >= 4 is 6.08 Å².